The van der Waals surface area contributed by atoms with Gasteiger partial charge in [-0.3, -0.25) is 4.72 Å². The van der Waals surface area contributed by atoms with Crippen molar-refractivity contribution >= 4 is 32.9 Å². The molecule has 5 nitrogen and oxygen atoms in total. The fourth-order valence-corrected chi connectivity index (χ4v) is 1.63. The Morgan fingerprint density at radius 1 is 1.56 bits per heavy atom. The minimum atomic E-state index is -3.28. The Bertz CT molecular complexity index is 485. The minimum Gasteiger partial charge on any atom is -0.486 e. The van der Waals surface area contributed by atoms with Crippen LogP contribution in [0.15, 0.2) is 24.3 Å². The topological polar surface area (TPSA) is 81.4 Å². The average molecular weight is 260 g/mol. The van der Waals surface area contributed by atoms with E-state index in [2.05, 4.69) is 16.9 Å². The highest BCUT2D eigenvalue weighted by Crippen LogP contribution is 2.17. The van der Waals surface area contributed by atoms with Gasteiger partial charge in [-0.05, 0) is 12.1 Å². The lowest BCUT2D eigenvalue weighted by atomic mass is 10.3. The van der Waals surface area contributed by atoms with Crippen LogP contribution in [0.25, 0.3) is 0 Å². The number of nitrogens with two attached hydrogens (primary N) is 1. The molecule has 3 N–H and O–H groups in total. The van der Waals surface area contributed by atoms with Crippen LogP contribution in [0.5, 0.6) is 5.75 Å². The van der Waals surface area contributed by atoms with Crippen LogP contribution in [0.4, 0.5) is 5.69 Å². The van der Waals surface area contributed by atoms with E-state index >= 15 is 0 Å². The summed E-state index contributed by atoms with van der Waals surface area (Å²) in [6, 6.07) is 6.53. The lowest BCUT2D eigenvalue weighted by Crippen LogP contribution is -2.18. The number of anilines is 1. The molecule has 1 aromatic rings. The number of hydrogen-bond acceptors (Lipinski definition) is 4. The zero-order valence-corrected chi connectivity index (χ0v) is 10.3. The largest absolute Gasteiger partial charge is 0.486 e. The molecule has 0 fully saturated rings. The molecule has 0 heterocycles. The van der Waals surface area contributed by atoms with E-state index in [0.717, 1.165) is 6.26 Å². The average Bonchev–Trinajstić information content (AvgIpc) is 2.12. The second-order valence-electron chi connectivity index (χ2n) is 3.16. The van der Waals surface area contributed by atoms with Gasteiger partial charge in [0.2, 0.25) is 10.0 Å². The van der Waals surface area contributed by atoms with E-state index in [-0.39, 0.29) is 11.6 Å². The van der Waals surface area contributed by atoms with Crippen molar-refractivity contribution in [2.24, 2.45) is 5.73 Å². The first-order chi connectivity index (χ1) is 7.37. The van der Waals surface area contributed by atoms with Gasteiger partial charge >= 0.3 is 0 Å². The molecule has 0 spiro atoms. The Labute approximate surface area is 99.6 Å². The van der Waals surface area contributed by atoms with Gasteiger partial charge in [-0.25, -0.2) is 8.42 Å². The first kappa shape index (κ1) is 12.7. The molecule has 0 amide bonds. The summed E-state index contributed by atoms with van der Waals surface area (Å²) < 4.78 is 29.5. The minimum absolute atomic E-state index is 0.123. The van der Waals surface area contributed by atoms with Gasteiger partial charge in [-0.1, -0.05) is 18.3 Å². The van der Waals surface area contributed by atoms with Gasteiger partial charge in [0.1, 0.15) is 17.3 Å². The van der Waals surface area contributed by atoms with Crippen LogP contribution in [0.2, 0.25) is 0 Å². The van der Waals surface area contributed by atoms with Gasteiger partial charge < -0.3 is 10.5 Å². The van der Waals surface area contributed by atoms with Crippen molar-refractivity contribution in [3.05, 3.63) is 24.3 Å². The molecule has 0 saturated carbocycles. The molecule has 88 valence electrons. The van der Waals surface area contributed by atoms with Crippen molar-refractivity contribution in [1.29, 1.82) is 0 Å². The molecule has 0 radical (unpaired) electrons. The van der Waals surface area contributed by atoms with Crippen LogP contribution in [-0.2, 0) is 10.0 Å². The van der Waals surface area contributed by atoms with Gasteiger partial charge in [0, 0.05) is 6.07 Å². The predicted molar refractivity (Wildman–Crippen MR) is 67.2 cm³/mol. The maximum Gasteiger partial charge on any atom is 0.229 e. The Balaban J connectivity index is 2.75. The molecule has 0 saturated heterocycles. The molecular weight excluding hydrogens is 248 g/mol. The molecule has 0 aromatic heterocycles. The van der Waals surface area contributed by atoms with E-state index in [1.54, 1.807) is 24.3 Å². The molecule has 0 atom stereocenters. The third kappa shape index (κ3) is 4.94. The van der Waals surface area contributed by atoms with Crippen LogP contribution in [-0.4, -0.2) is 26.3 Å². The van der Waals surface area contributed by atoms with Gasteiger partial charge in [0.15, 0.2) is 0 Å². The lowest BCUT2D eigenvalue weighted by molar-refractivity contribution is 0.378. The third-order valence-electron chi connectivity index (χ3n) is 1.52. The molecule has 0 unspecified atom stereocenters. The van der Waals surface area contributed by atoms with Gasteiger partial charge in [-0.15, -0.1) is 0 Å². The van der Waals surface area contributed by atoms with Crippen LogP contribution < -0.4 is 15.2 Å². The number of benzene rings is 1. The smallest absolute Gasteiger partial charge is 0.229 e. The molecule has 7 heteroatoms. The molecule has 1 rings (SSSR count). The number of rotatable bonds is 5. The zero-order chi connectivity index (χ0) is 12.2. The second-order valence-corrected chi connectivity index (χ2v) is 5.43. The summed E-state index contributed by atoms with van der Waals surface area (Å²) in [6.07, 6.45) is 1.08. The molecule has 0 aliphatic carbocycles. The van der Waals surface area contributed by atoms with E-state index < -0.39 is 10.0 Å². The SMILES string of the molecule is CS(=O)(=O)Nc1cccc(OCC(N)=S)c1. The maximum absolute atomic E-state index is 11.0. The molecule has 0 bridgehead atoms. The van der Waals surface area contributed by atoms with Crippen molar-refractivity contribution in [3.8, 4) is 5.75 Å². The van der Waals surface area contributed by atoms with Crippen molar-refractivity contribution in [1.82, 2.24) is 0 Å². The summed E-state index contributed by atoms with van der Waals surface area (Å²) in [5.74, 6) is 0.501. The lowest BCUT2D eigenvalue weighted by Gasteiger charge is -2.07. The standard InChI is InChI=1S/C9H12N2O3S2/c1-16(12,13)11-7-3-2-4-8(5-7)14-6-9(10)15/h2-5,11H,6H2,1H3,(H2,10,15). The zero-order valence-electron chi connectivity index (χ0n) is 8.64. The van der Waals surface area contributed by atoms with E-state index in [4.69, 9.17) is 10.5 Å². The summed E-state index contributed by atoms with van der Waals surface area (Å²) in [6.45, 7) is 0.123. The fraction of sp³-hybridized carbons (Fsp3) is 0.222. The maximum atomic E-state index is 11.0. The summed E-state index contributed by atoms with van der Waals surface area (Å²) >= 11 is 4.66. The number of sulfonamides is 1. The van der Waals surface area contributed by atoms with Crippen molar-refractivity contribution in [3.63, 3.8) is 0 Å². The normalized spacial score (nSPS) is 10.8. The Kier molecular flexibility index (Phi) is 4.08. The van der Waals surface area contributed by atoms with Crippen molar-refractivity contribution in [2.75, 3.05) is 17.6 Å². The molecule has 16 heavy (non-hydrogen) atoms. The van der Waals surface area contributed by atoms with E-state index in [1.165, 1.54) is 0 Å². The van der Waals surface area contributed by atoms with Crippen LogP contribution in [0.3, 0.4) is 0 Å². The molecular formula is C9H12N2O3S2. The van der Waals surface area contributed by atoms with Crippen molar-refractivity contribution in [2.45, 2.75) is 0 Å². The van der Waals surface area contributed by atoms with Crippen LogP contribution >= 0.6 is 12.2 Å². The third-order valence-corrected chi connectivity index (χ3v) is 2.24. The second kappa shape index (κ2) is 5.13. The number of hydrogen-bond donors (Lipinski definition) is 2. The quantitative estimate of drug-likeness (QED) is 0.762. The highest BCUT2D eigenvalue weighted by Gasteiger charge is 2.03. The first-order valence-corrected chi connectivity index (χ1v) is 6.66. The predicted octanol–water partition coefficient (Wildman–Crippen LogP) is 0.723. The van der Waals surface area contributed by atoms with Crippen molar-refractivity contribution < 1.29 is 13.2 Å². The molecule has 0 aliphatic rings. The Morgan fingerprint density at radius 3 is 2.81 bits per heavy atom. The number of nitrogens with one attached hydrogen (secondary N) is 1. The highest BCUT2D eigenvalue weighted by atomic mass is 32.2. The fourth-order valence-electron chi connectivity index (χ4n) is 1.02. The molecule has 1 aromatic carbocycles. The van der Waals surface area contributed by atoms with E-state index in [9.17, 15) is 8.42 Å². The summed E-state index contributed by atoms with van der Waals surface area (Å²) in [7, 11) is -3.28. The molecule has 0 aliphatic heterocycles. The van der Waals surface area contributed by atoms with E-state index in [1.807, 2.05) is 0 Å². The highest BCUT2D eigenvalue weighted by molar-refractivity contribution is 7.92. The number of thiocarbonyl (C=S) groups is 1. The monoisotopic (exact) mass is 260 g/mol. The Morgan fingerprint density at radius 2 is 2.25 bits per heavy atom. The first-order valence-electron chi connectivity index (χ1n) is 4.36. The summed E-state index contributed by atoms with van der Waals surface area (Å²) in [4.78, 5) is 0.237. The number of ether oxygens (including phenoxy) is 1. The van der Waals surface area contributed by atoms with Gasteiger partial charge in [0.05, 0.1) is 11.9 Å². The van der Waals surface area contributed by atoms with Crippen LogP contribution in [0.1, 0.15) is 0 Å². The van der Waals surface area contributed by atoms with E-state index in [0.29, 0.717) is 11.4 Å². The van der Waals surface area contributed by atoms with Gasteiger partial charge in [-0.2, -0.15) is 0 Å². The summed E-state index contributed by atoms with van der Waals surface area (Å²) in [5, 5.41) is 0. The van der Waals surface area contributed by atoms with Crippen LogP contribution in [0, 0.1) is 0 Å². The summed E-state index contributed by atoms with van der Waals surface area (Å²) in [5.41, 5.74) is 5.71. The Hall–Kier alpha value is -1.34. The van der Waals surface area contributed by atoms with Gasteiger partial charge in [0.25, 0.3) is 0 Å².